The minimum Gasteiger partial charge on any atom is -0.385 e. The van der Waals surface area contributed by atoms with Crippen molar-refractivity contribution < 1.29 is 9.53 Å². The molecule has 110 valence electrons. The average Bonchev–Trinajstić information content (AvgIpc) is 2.54. The number of methoxy groups -OCH3 is 1. The Balaban J connectivity index is 1.86. The van der Waals surface area contributed by atoms with Gasteiger partial charge in [-0.1, -0.05) is 18.2 Å². The highest BCUT2D eigenvalue weighted by molar-refractivity contribution is 6.04. The summed E-state index contributed by atoms with van der Waals surface area (Å²) >= 11 is 0. The van der Waals surface area contributed by atoms with Crippen molar-refractivity contribution in [1.29, 1.82) is 0 Å². The Morgan fingerprint density at radius 2 is 2.00 bits per heavy atom. The minimum absolute atomic E-state index is 0.141. The van der Waals surface area contributed by atoms with Gasteiger partial charge in [-0.2, -0.15) is 0 Å². The number of amides is 1. The number of carbonyl (C=O) groups is 1. The Morgan fingerprint density at radius 3 is 2.67 bits per heavy atom. The summed E-state index contributed by atoms with van der Waals surface area (Å²) in [6.45, 7) is 1.52. The number of hydrogen-bond donors (Lipinski definition) is 2. The summed E-state index contributed by atoms with van der Waals surface area (Å²) in [4.78, 5) is 16.2. The summed E-state index contributed by atoms with van der Waals surface area (Å²) in [7, 11) is 1.68. The second-order valence-electron chi connectivity index (χ2n) is 4.53. The highest BCUT2D eigenvalue weighted by Gasteiger charge is 2.05. The third kappa shape index (κ3) is 4.89. The predicted octanol–water partition coefficient (Wildman–Crippen LogP) is 2.78. The number of benzene rings is 1. The van der Waals surface area contributed by atoms with Crippen LogP contribution in [0.25, 0.3) is 0 Å². The summed E-state index contributed by atoms with van der Waals surface area (Å²) in [5.74, 6) is 0.641. The van der Waals surface area contributed by atoms with Gasteiger partial charge < -0.3 is 15.4 Å². The van der Waals surface area contributed by atoms with E-state index in [0.717, 1.165) is 25.4 Å². The summed E-state index contributed by atoms with van der Waals surface area (Å²) in [5, 5.41) is 6.00. The van der Waals surface area contributed by atoms with Crippen LogP contribution in [0.15, 0.2) is 48.7 Å². The number of nitrogens with zero attached hydrogens (tertiary/aromatic N) is 1. The maximum Gasteiger partial charge on any atom is 0.255 e. The van der Waals surface area contributed by atoms with E-state index < -0.39 is 0 Å². The first kappa shape index (κ1) is 15.0. The van der Waals surface area contributed by atoms with Gasteiger partial charge in [0.2, 0.25) is 0 Å². The number of aromatic nitrogens is 1. The number of pyridine rings is 1. The first-order valence-corrected chi connectivity index (χ1v) is 6.85. The fourth-order valence-corrected chi connectivity index (χ4v) is 1.80. The van der Waals surface area contributed by atoms with Crippen LogP contribution in [0.1, 0.15) is 16.8 Å². The molecule has 0 fully saturated rings. The van der Waals surface area contributed by atoms with Crippen LogP contribution >= 0.6 is 0 Å². The normalized spacial score (nSPS) is 10.1. The van der Waals surface area contributed by atoms with Crippen LogP contribution in [-0.2, 0) is 4.74 Å². The molecule has 2 aromatic rings. The van der Waals surface area contributed by atoms with Gasteiger partial charge >= 0.3 is 0 Å². The van der Waals surface area contributed by atoms with E-state index in [1.165, 1.54) is 0 Å². The standard InChI is InChI=1S/C16H19N3O2/c1-21-11-5-10-17-15-9-8-14(12-18-15)19-16(20)13-6-3-2-4-7-13/h2-4,6-9,12H,5,10-11H2,1H3,(H,17,18)(H,19,20). The van der Waals surface area contributed by atoms with Gasteiger partial charge in [-0.3, -0.25) is 4.79 Å². The predicted molar refractivity (Wildman–Crippen MR) is 83.6 cm³/mol. The van der Waals surface area contributed by atoms with Gasteiger partial charge in [0.15, 0.2) is 0 Å². The summed E-state index contributed by atoms with van der Waals surface area (Å²) in [5.41, 5.74) is 1.30. The molecule has 0 aliphatic carbocycles. The van der Waals surface area contributed by atoms with Crippen LogP contribution in [0.5, 0.6) is 0 Å². The molecule has 2 N–H and O–H groups in total. The molecule has 0 spiro atoms. The van der Waals surface area contributed by atoms with Crippen molar-refractivity contribution in [3.8, 4) is 0 Å². The zero-order valence-corrected chi connectivity index (χ0v) is 12.0. The Hall–Kier alpha value is -2.40. The van der Waals surface area contributed by atoms with Crippen molar-refractivity contribution in [2.24, 2.45) is 0 Å². The highest BCUT2D eigenvalue weighted by Crippen LogP contribution is 2.11. The van der Waals surface area contributed by atoms with E-state index in [0.29, 0.717) is 11.3 Å². The third-order valence-electron chi connectivity index (χ3n) is 2.89. The smallest absolute Gasteiger partial charge is 0.255 e. The van der Waals surface area contributed by atoms with E-state index in [1.54, 1.807) is 25.4 Å². The van der Waals surface area contributed by atoms with Gasteiger partial charge in [-0.15, -0.1) is 0 Å². The van der Waals surface area contributed by atoms with E-state index in [2.05, 4.69) is 15.6 Å². The lowest BCUT2D eigenvalue weighted by molar-refractivity contribution is 0.102. The number of carbonyl (C=O) groups excluding carboxylic acids is 1. The van der Waals surface area contributed by atoms with Gasteiger partial charge in [0.1, 0.15) is 5.82 Å². The lowest BCUT2D eigenvalue weighted by Gasteiger charge is -2.07. The zero-order chi connectivity index (χ0) is 14.9. The Kier molecular flexibility index (Phi) is 5.72. The van der Waals surface area contributed by atoms with Gasteiger partial charge in [-0.05, 0) is 30.7 Å². The molecular formula is C16H19N3O2. The summed E-state index contributed by atoms with van der Waals surface area (Å²) < 4.78 is 4.98. The molecule has 0 aliphatic heterocycles. The van der Waals surface area contributed by atoms with Gasteiger partial charge in [0.25, 0.3) is 5.91 Å². The Bertz CT molecular complexity index is 555. The SMILES string of the molecule is COCCCNc1ccc(NC(=O)c2ccccc2)cn1. The number of nitrogens with one attached hydrogen (secondary N) is 2. The van der Waals surface area contributed by atoms with Crippen LogP contribution in [0.3, 0.4) is 0 Å². The highest BCUT2D eigenvalue weighted by atomic mass is 16.5. The minimum atomic E-state index is -0.141. The summed E-state index contributed by atoms with van der Waals surface area (Å²) in [6, 6.07) is 12.8. The number of anilines is 2. The van der Waals surface area contributed by atoms with Crippen LogP contribution in [0.2, 0.25) is 0 Å². The molecule has 0 unspecified atom stereocenters. The van der Waals surface area contributed by atoms with Gasteiger partial charge in [0, 0.05) is 25.8 Å². The van der Waals surface area contributed by atoms with Crippen molar-refractivity contribution in [3.05, 3.63) is 54.2 Å². The molecule has 0 radical (unpaired) electrons. The van der Waals surface area contributed by atoms with Gasteiger partial charge in [-0.25, -0.2) is 4.98 Å². The topological polar surface area (TPSA) is 63.2 Å². The average molecular weight is 285 g/mol. The molecule has 1 heterocycles. The van der Waals surface area contributed by atoms with E-state index in [9.17, 15) is 4.79 Å². The molecule has 1 aromatic heterocycles. The molecule has 0 atom stereocenters. The molecule has 21 heavy (non-hydrogen) atoms. The summed E-state index contributed by atoms with van der Waals surface area (Å²) in [6.07, 6.45) is 2.56. The van der Waals surface area contributed by atoms with Crippen molar-refractivity contribution in [3.63, 3.8) is 0 Å². The molecule has 1 amide bonds. The first-order chi connectivity index (χ1) is 10.3. The largest absolute Gasteiger partial charge is 0.385 e. The van der Waals surface area contributed by atoms with Crippen LogP contribution in [-0.4, -0.2) is 31.2 Å². The lowest BCUT2D eigenvalue weighted by atomic mass is 10.2. The Morgan fingerprint density at radius 1 is 1.19 bits per heavy atom. The molecule has 0 saturated carbocycles. The second kappa shape index (κ2) is 8.01. The van der Waals surface area contributed by atoms with Crippen molar-refractivity contribution in [2.75, 3.05) is 30.9 Å². The fraction of sp³-hybridized carbons (Fsp3) is 0.250. The monoisotopic (exact) mass is 285 g/mol. The molecular weight excluding hydrogens is 266 g/mol. The van der Waals surface area contributed by atoms with Crippen molar-refractivity contribution >= 4 is 17.4 Å². The van der Waals surface area contributed by atoms with Crippen LogP contribution in [0, 0.1) is 0 Å². The van der Waals surface area contributed by atoms with E-state index in [-0.39, 0.29) is 5.91 Å². The third-order valence-corrected chi connectivity index (χ3v) is 2.89. The lowest BCUT2D eigenvalue weighted by Crippen LogP contribution is -2.12. The first-order valence-electron chi connectivity index (χ1n) is 6.85. The second-order valence-corrected chi connectivity index (χ2v) is 4.53. The quantitative estimate of drug-likeness (QED) is 0.768. The van der Waals surface area contributed by atoms with E-state index in [1.807, 2.05) is 30.3 Å². The molecule has 1 aromatic carbocycles. The number of rotatable bonds is 7. The van der Waals surface area contributed by atoms with E-state index in [4.69, 9.17) is 4.74 Å². The van der Waals surface area contributed by atoms with Gasteiger partial charge in [0.05, 0.1) is 11.9 Å². The molecule has 5 heteroatoms. The van der Waals surface area contributed by atoms with E-state index >= 15 is 0 Å². The van der Waals surface area contributed by atoms with Crippen LogP contribution < -0.4 is 10.6 Å². The van der Waals surface area contributed by atoms with Crippen molar-refractivity contribution in [2.45, 2.75) is 6.42 Å². The molecule has 0 aliphatic rings. The molecule has 2 rings (SSSR count). The fourth-order valence-electron chi connectivity index (χ4n) is 1.80. The molecule has 0 bridgehead atoms. The van der Waals surface area contributed by atoms with Crippen molar-refractivity contribution in [1.82, 2.24) is 4.98 Å². The maximum atomic E-state index is 12.0. The Labute approximate surface area is 124 Å². The number of ether oxygens (including phenoxy) is 1. The zero-order valence-electron chi connectivity index (χ0n) is 12.0. The maximum absolute atomic E-state index is 12.0. The number of hydrogen-bond acceptors (Lipinski definition) is 4. The molecule has 5 nitrogen and oxygen atoms in total. The van der Waals surface area contributed by atoms with Crippen LogP contribution in [0.4, 0.5) is 11.5 Å². The molecule has 0 saturated heterocycles.